The lowest BCUT2D eigenvalue weighted by Crippen LogP contribution is -2.32. The molecule has 1 aromatic carbocycles. The first-order valence-corrected chi connectivity index (χ1v) is 8.28. The average Bonchev–Trinajstić information content (AvgIpc) is 3.09. The normalized spacial score (nSPS) is 15.2. The molecule has 3 amide bonds. The summed E-state index contributed by atoms with van der Waals surface area (Å²) in [6.07, 6.45) is 0.542. The van der Waals surface area contributed by atoms with Gasteiger partial charge < -0.3 is 9.73 Å². The maximum absolute atomic E-state index is 12.1. The maximum atomic E-state index is 12.1. The van der Waals surface area contributed by atoms with Crippen molar-refractivity contribution in [2.45, 2.75) is 45.4 Å². The number of likely N-dealkylation sites (tertiary alicyclic amines) is 1. The summed E-state index contributed by atoms with van der Waals surface area (Å²) in [5.74, 6) is -0.0449. The molecule has 1 aliphatic heterocycles. The number of amides is 3. The van der Waals surface area contributed by atoms with Crippen molar-refractivity contribution in [3.63, 3.8) is 0 Å². The molecule has 25 heavy (non-hydrogen) atoms. The van der Waals surface area contributed by atoms with Crippen LogP contribution >= 0.6 is 0 Å². The van der Waals surface area contributed by atoms with Gasteiger partial charge >= 0.3 is 0 Å². The summed E-state index contributed by atoms with van der Waals surface area (Å²) in [7, 11) is 0. The van der Waals surface area contributed by atoms with E-state index in [2.05, 4.69) is 10.3 Å². The molecule has 0 aliphatic carbocycles. The summed E-state index contributed by atoms with van der Waals surface area (Å²) >= 11 is 0. The highest BCUT2D eigenvalue weighted by molar-refractivity contribution is 6.02. The van der Waals surface area contributed by atoms with E-state index in [1.165, 1.54) is 0 Å². The Kier molecular flexibility index (Phi) is 4.32. The fourth-order valence-corrected chi connectivity index (χ4v) is 2.64. The van der Waals surface area contributed by atoms with Crippen LogP contribution in [0.3, 0.4) is 0 Å². The number of carbonyl (C=O) groups is 3. The van der Waals surface area contributed by atoms with Gasteiger partial charge in [0.1, 0.15) is 5.52 Å². The molecule has 0 atom stereocenters. The molecule has 3 rings (SSSR count). The summed E-state index contributed by atoms with van der Waals surface area (Å²) in [5.41, 5.74) is 1.74. The minimum absolute atomic E-state index is 0.0710. The van der Waals surface area contributed by atoms with Gasteiger partial charge in [-0.2, -0.15) is 0 Å². The smallest absolute Gasteiger partial charge is 0.229 e. The van der Waals surface area contributed by atoms with Crippen molar-refractivity contribution in [3.05, 3.63) is 24.1 Å². The highest BCUT2D eigenvalue weighted by Gasteiger charge is 2.28. The Bertz CT molecular complexity index is 832. The number of oxazole rings is 1. The Balaban J connectivity index is 1.65. The minimum atomic E-state index is -0.258. The first kappa shape index (κ1) is 17.1. The number of aromatic nitrogens is 1. The van der Waals surface area contributed by atoms with Crippen molar-refractivity contribution in [2.75, 3.05) is 11.9 Å². The number of imide groups is 1. The predicted molar refractivity (Wildman–Crippen MR) is 91.9 cm³/mol. The van der Waals surface area contributed by atoms with E-state index in [4.69, 9.17) is 4.42 Å². The van der Waals surface area contributed by atoms with Crippen LogP contribution in [-0.2, 0) is 19.8 Å². The first-order chi connectivity index (χ1) is 11.7. The maximum Gasteiger partial charge on any atom is 0.229 e. The molecule has 1 aromatic heterocycles. The Labute approximate surface area is 145 Å². The molecular formula is C18H21N3O4. The third-order valence-corrected chi connectivity index (χ3v) is 4.03. The van der Waals surface area contributed by atoms with Crippen LogP contribution in [0, 0.1) is 0 Å². The Hall–Kier alpha value is -2.70. The fourth-order valence-electron chi connectivity index (χ4n) is 2.64. The number of nitrogens with zero attached hydrogens (tertiary/aromatic N) is 2. The molecule has 1 aliphatic rings. The molecule has 2 heterocycles. The number of hydrogen-bond acceptors (Lipinski definition) is 5. The van der Waals surface area contributed by atoms with Crippen LogP contribution in [0.25, 0.3) is 11.1 Å². The number of anilines is 1. The molecule has 0 saturated carbocycles. The Morgan fingerprint density at radius 2 is 1.92 bits per heavy atom. The number of carbonyl (C=O) groups excluding carboxylic acids is 3. The Morgan fingerprint density at radius 3 is 2.56 bits per heavy atom. The van der Waals surface area contributed by atoms with E-state index in [1.54, 1.807) is 18.2 Å². The van der Waals surface area contributed by atoms with Crippen LogP contribution in [-0.4, -0.2) is 34.2 Å². The number of hydrogen-bond donors (Lipinski definition) is 1. The molecule has 1 N–H and O–H groups in total. The van der Waals surface area contributed by atoms with Gasteiger partial charge in [0, 0.05) is 36.9 Å². The van der Waals surface area contributed by atoms with Crippen LogP contribution in [0.15, 0.2) is 22.6 Å². The van der Waals surface area contributed by atoms with E-state index in [0.29, 0.717) is 22.7 Å². The second-order valence-electron chi connectivity index (χ2n) is 7.19. The molecule has 7 heteroatoms. The van der Waals surface area contributed by atoms with Gasteiger partial charge in [-0.25, -0.2) is 4.98 Å². The second kappa shape index (κ2) is 6.31. The van der Waals surface area contributed by atoms with Crippen LogP contribution in [0.2, 0.25) is 0 Å². The summed E-state index contributed by atoms with van der Waals surface area (Å²) in [4.78, 5) is 40.8. The summed E-state index contributed by atoms with van der Waals surface area (Å²) in [6, 6.07) is 5.25. The van der Waals surface area contributed by atoms with Gasteiger partial charge in [-0.3, -0.25) is 19.3 Å². The zero-order chi connectivity index (χ0) is 18.2. The number of rotatable bonds is 4. The Morgan fingerprint density at radius 1 is 1.24 bits per heavy atom. The van der Waals surface area contributed by atoms with Crippen LogP contribution in [0.1, 0.15) is 45.9 Å². The van der Waals surface area contributed by atoms with Gasteiger partial charge in [-0.05, 0) is 18.2 Å². The lowest BCUT2D eigenvalue weighted by molar-refractivity contribution is -0.138. The van der Waals surface area contributed by atoms with Gasteiger partial charge in [-0.15, -0.1) is 0 Å². The van der Waals surface area contributed by atoms with Crippen molar-refractivity contribution in [1.29, 1.82) is 0 Å². The van der Waals surface area contributed by atoms with Crippen molar-refractivity contribution in [1.82, 2.24) is 9.88 Å². The quantitative estimate of drug-likeness (QED) is 0.862. The van der Waals surface area contributed by atoms with Gasteiger partial charge in [0.15, 0.2) is 5.58 Å². The number of nitrogens with one attached hydrogen (secondary N) is 1. The monoisotopic (exact) mass is 343 g/mol. The second-order valence-corrected chi connectivity index (χ2v) is 7.19. The number of benzene rings is 1. The van der Waals surface area contributed by atoms with Crippen molar-refractivity contribution >= 4 is 34.5 Å². The fraction of sp³-hybridized carbons (Fsp3) is 0.444. The topological polar surface area (TPSA) is 92.5 Å². The van der Waals surface area contributed by atoms with Gasteiger partial charge in [-0.1, -0.05) is 20.8 Å². The minimum Gasteiger partial charge on any atom is -0.440 e. The van der Waals surface area contributed by atoms with E-state index in [0.717, 1.165) is 4.90 Å². The van der Waals surface area contributed by atoms with E-state index in [9.17, 15) is 14.4 Å². The van der Waals surface area contributed by atoms with Gasteiger partial charge in [0.2, 0.25) is 23.6 Å². The van der Waals surface area contributed by atoms with E-state index < -0.39 is 0 Å². The molecule has 1 saturated heterocycles. The highest BCUT2D eigenvalue weighted by Crippen LogP contribution is 2.27. The third-order valence-electron chi connectivity index (χ3n) is 4.03. The van der Waals surface area contributed by atoms with Crippen molar-refractivity contribution in [3.8, 4) is 0 Å². The lowest BCUT2D eigenvalue weighted by Gasteiger charge is -2.13. The molecule has 0 unspecified atom stereocenters. The summed E-state index contributed by atoms with van der Waals surface area (Å²) in [5, 5.41) is 2.77. The van der Waals surface area contributed by atoms with Crippen LogP contribution in [0.5, 0.6) is 0 Å². The van der Waals surface area contributed by atoms with Crippen molar-refractivity contribution in [2.24, 2.45) is 0 Å². The van der Waals surface area contributed by atoms with Gasteiger partial charge in [0.25, 0.3) is 0 Å². The van der Waals surface area contributed by atoms with E-state index in [-0.39, 0.29) is 48.9 Å². The molecule has 7 nitrogen and oxygen atoms in total. The summed E-state index contributed by atoms with van der Waals surface area (Å²) < 4.78 is 5.73. The number of fused-ring (bicyclic) bond motifs is 1. The molecule has 1 fully saturated rings. The summed E-state index contributed by atoms with van der Waals surface area (Å²) in [6.45, 7) is 6.16. The van der Waals surface area contributed by atoms with E-state index in [1.807, 2.05) is 20.8 Å². The molecule has 0 spiro atoms. The van der Waals surface area contributed by atoms with Crippen LogP contribution < -0.4 is 5.32 Å². The van der Waals surface area contributed by atoms with Gasteiger partial charge in [0.05, 0.1) is 0 Å². The average molecular weight is 343 g/mol. The zero-order valence-electron chi connectivity index (χ0n) is 14.6. The predicted octanol–water partition coefficient (Wildman–Crippen LogP) is 2.60. The SMILES string of the molecule is CC(C)(C)c1nc2cc(NC(=O)CCN3C(=O)CCC3=O)ccc2o1. The highest BCUT2D eigenvalue weighted by atomic mass is 16.3. The molecular weight excluding hydrogens is 322 g/mol. The zero-order valence-corrected chi connectivity index (χ0v) is 14.6. The molecule has 0 radical (unpaired) electrons. The van der Waals surface area contributed by atoms with Crippen molar-refractivity contribution < 1.29 is 18.8 Å². The largest absolute Gasteiger partial charge is 0.440 e. The molecule has 132 valence electrons. The lowest BCUT2D eigenvalue weighted by atomic mass is 9.97. The van der Waals surface area contributed by atoms with Crippen LogP contribution in [0.4, 0.5) is 5.69 Å². The molecule has 2 aromatic rings. The third kappa shape index (κ3) is 3.70. The first-order valence-electron chi connectivity index (χ1n) is 8.28. The molecule has 0 bridgehead atoms. The van der Waals surface area contributed by atoms with E-state index >= 15 is 0 Å². The standard InChI is InChI=1S/C18H21N3O4/c1-18(2,3)17-20-12-10-11(4-5-13(12)25-17)19-14(22)8-9-21-15(23)6-7-16(21)24/h4-5,10H,6-9H2,1-3H3,(H,19,22).